The van der Waals surface area contributed by atoms with Gasteiger partial charge in [0.05, 0.1) is 0 Å². The lowest BCUT2D eigenvalue weighted by Crippen LogP contribution is -2.25. The molecular formula is C38H30O2. The van der Waals surface area contributed by atoms with Crippen molar-refractivity contribution in [3.05, 3.63) is 168 Å². The number of phenols is 2. The minimum Gasteiger partial charge on any atom is -0.507 e. The molecule has 194 valence electrons. The largest absolute Gasteiger partial charge is 0.507 e. The third kappa shape index (κ3) is 4.65. The second kappa shape index (κ2) is 10.6. The van der Waals surface area contributed by atoms with Crippen LogP contribution in [0.25, 0.3) is 33.4 Å². The average Bonchev–Trinajstić information content (AvgIpc) is 3.02. The minimum atomic E-state index is -0.580. The van der Waals surface area contributed by atoms with Crippen LogP contribution in [-0.4, -0.2) is 10.2 Å². The Labute approximate surface area is 235 Å². The Morgan fingerprint density at radius 2 is 0.725 bits per heavy atom. The fourth-order valence-electron chi connectivity index (χ4n) is 5.52. The van der Waals surface area contributed by atoms with Crippen LogP contribution < -0.4 is 0 Å². The van der Waals surface area contributed by atoms with E-state index < -0.39 is 5.41 Å². The maximum absolute atomic E-state index is 10.9. The Morgan fingerprint density at radius 3 is 1.15 bits per heavy atom. The molecule has 6 aromatic carbocycles. The summed E-state index contributed by atoms with van der Waals surface area (Å²) in [5.41, 5.74) is 8.42. The summed E-state index contributed by atoms with van der Waals surface area (Å²) < 4.78 is 0. The third-order valence-corrected chi connectivity index (χ3v) is 7.89. The summed E-state index contributed by atoms with van der Waals surface area (Å²) in [5, 5.41) is 21.7. The number of hydrogen-bond acceptors (Lipinski definition) is 2. The summed E-state index contributed by atoms with van der Waals surface area (Å²) in [6.07, 6.45) is 0. The molecule has 0 amide bonds. The predicted octanol–water partition coefficient (Wildman–Crippen LogP) is 9.45. The highest BCUT2D eigenvalue weighted by Gasteiger charge is 2.33. The molecule has 0 bridgehead atoms. The molecule has 0 atom stereocenters. The van der Waals surface area contributed by atoms with Crippen LogP contribution >= 0.6 is 0 Å². The minimum absolute atomic E-state index is 0.243. The Hall–Kier alpha value is -5.08. The molecule has 0 aliphatic heterocycles. The zero-order valence-electron chi connectivity index (χ0n) is 22.3. The topological polar surface area (TPSA) is 40.5 Å². The monoisotopic (exact) mass is 518 g/mol. The van der Waals surface area contributed by atoms with E-state index in [1.165, 1.54) is 5.56 Å². The van der Waals surface area contributed by atoms with Gasteiger partial charge in [0.15, 0.2) is 0 Å². The number of rotatable bonds is 6. The molecule has 2 nitrogen and oxygen atoms in total. The van der Waals surface area contributed by atoms with Gasteiger partial charge in [-0.05, 0) is 70.1 Å². The molecule has 6 rings (SSSR count). The van der Waals surface area contributed by atoms with Gasteiger partial charge in [-0.2, -0.15) is 0 Å². The van der Waals surface area contributed by atoms with Crippen molar-refractivity contribution in [2.45, 2.75) is 12.3 Å². The summed E-state index contributed by atoms with van der Waals surface area (Å²) in [5.74, 6) is 0.486. The van der Waals surface area contributed by atoms with E-state index in [4.69, 9.17) is 0 Å². The standard InChI is InChI=1S/C38H30O2/c1-38(31-19-17-28(18-20-31)27-11-5-2-6-12-27,32-21-23-36(39)34(25-32)29-13-7-3-8-14-29)33-22-24-37(40)35(26-33)30-15-9-4-10-16-30/h2-26,39-40H,1H3. The summed E-state index contributed by atoms with van der Waals surface area (Å²) in [6.45, 7) is 2.22. The van der Waals surface area contributed by atoms with E-state index >= 15 is 0 Å². The molecule has 0 aromatic heterocycles. The van der Waals surface area contributed by atoms with Crippen LogP contribution in [0.2, 0.25) is 0 Å². The van der Waals surface area contributed by atoms with Crippen LogP contribution in [0, 0.1) is 0 Å². The van der Waals surface area contributed by atoms with Gasteiger partial charge < -0.3 is 10.2 Å². The first-order chi connectivity index (χ1) is 19.5. The van der Waals surface area contributed by atoms with E-state index in [1.54, 1.807) is 12.1 Å². The van der Waals surface area contributed by atoms with Crippen molar-refractivity contribution in [1.82, 2.24) is 0 Å². The quantitative estimate of drug-likeness (QED) is 0.216. The Morgan fingerprint density at radius 1 is 0.375 bits per heavy atom. The SMILES string of the molecule is CC(c1ccc(-c2ccccc2)cc1)(c1ccc(O)c(-c2ccccc2)c1)c1ccc(O)c(-c2ccccc2)c1. The van der Waals surface area contributed by atoms with Crippen molar-refractivity contribution < 1.29 is 10.2 Å². The van der Waals surface area contributed by atoms with Gasteiger partial charge in [0, 0.05) is 16.5 Å². The summed E-state index contributed by atoms with van der Waals surface area (Å²) in [4.78, 5) is 0. The van der Waals surface area contributed by atoms with Crippen molar-refractivity contribution >= 4 is 0 Å². The van der Waals surface area contributed by atoms with Gasteiger partial charge in [0.25, 0.3) is 0 Å². The van der Waals surface area contributed by atoms with Gasteiger partial charge in [0.1, 0.15) is 11.5 Å². The second-order valence-corrected chi connectivity index (χ2v) is 10.3. The van der Waals surface area contributed by atoms with Crippen LogP contribution in [0.5, 0.6) is 11.5 Å². The van der Waals surface area contributed by atoms with E-state index in [2.05, 4.69) is 67.6 Å². The van der Waals surface area contributed by atoms with E-state index in [9.17, 15) is 10.2 Å². The first-order valence-electron chi connectivity index (χ1n) is 13.5. The third-order valence-electron chi connectivity index (χ3n) is 7.89. The van der Waals surface area contributed by atoms with E-state index in [0.717, 1.165) is 44.5 Å². The molecule has 0 radical (unpaired) electrons. The van der Waals surface area contributed by atoms with Gasteiger partial charge in [0.2, 0.25) is 0 Å². The van der Waals surface area contributed by atoms with Gasteiger partial charge in [-0.1, -0.05) is 127 Å². The van der Waals surface area contributed by atoms with Crippen molar-refractivity contribution in [2.24, 2.45) is 0 Å². The molecule has 0 aliphatic carbocycles. The normalized spacial score (nSPS) is 11.3. The van der Waals surface area contributed by atoms with Crippen LogP contribution in [0.3, 0.4) is 0 Å². The molecule has 0 unspecified atom stereocenters. The number of aromatic hydroxyl groups is 2. The van der Waals surface area contributed by atoms with Crippen LogP contribution in [0.4, 0.5) is 0 Å². The zero-order valence-corrected chi connectivity index (χ0v) is 22.3. The fraction of sp³-hybridized carbons (Fsp3) is 0.0526. The lowest BCUT2D eigenvalue weighted by Gasteiger charge is -2.33. The van der Waals surface area contributed by atoms with Gasteiger partial charge >= 0.3 is 0 Å². The molecular weight excluding hydrogens is 488 g/mol. The maximum Gasteiger partial charge on any atom is 0.123 e. The first kappa shape index (κ1) is 25.2. The Bertz CT molecular complexity index is 1650. The molecule has 0 heterocycles. The van der Waals surface area contributed by atoms with Crippen molar-refractivity contribution in [3.8, 4) is 44.9 Å². The lowest BCUT2D eigenvalue weighted by atomic mass is 9.70. The smallest absolute Gasteiger partial charge is 0.123 e. The van der Waals surface area contributed by atoms with Gasteiger partial charge in [-0.3, -0.25) is 0 Å². The highest BCUT2D eigenvalue weighted by atomic mass is 16.3. The van der Waals surface area contributed by atoms with Crippen LogP contribution in [0.15, 0.2) is 152 Å². The van der Waals surface area contributed by atoms with Crippen molar-refractivity contribution in [2.75, 3.05) is 0 Å². The molecule has 0 saturated carbocycles. The highest BCUT2D eigenvalue weighted by molar-refractivity contribution is 5.75. The molecule has 0 fully saturated rings. The number of hydrogen-bond donors (Lipinski definition) is 2. The highest BCUT2D eigenvalue weighted by Crippen LogP contribution is 2.44. The summed E-state index contributed by atoms with van der Waals surface area (Å²) >= 11 is 0. The van der Waals surface area contributed by atoms with Crippen LogP contribution in [0.1, 0.15) is 23.6 Å². The lowest BCUT2D eigenvalue weighted by molar-refractivity contribution is 0.476. The fourth-order valence-corrected chi connectivity index (χ4v) is 5.52. The van der Waals surface area contributed by atoms with Crippen molar-refractivity contribution in [1.29, 1.82) is 0 Å². The van der Waals surface area contributed by atoms with E-state index in [-0.39, 0.29) is 11.5 Å². The molecule has 0 spiro atoms. The molecule has 2 heteroatoms. The summed E-state index contributed by atoms with van der Waals surface area (Å²) in [6, 6.07) is 50.8. The molecule has 0 aliphatic rings. The van der Waals surface area contributed by atoms with E-state index in [1.807, 2.05) is 78.9 Å². The second-order valence-electron chi connectivity index (χ2n) is 10.3. The zero-order chi connectivity index (χ0) is 27.5. The predicted molar refractivity (Wildman–Crippen MR) is 165 cm³/mol. The Kier molecular flexibility index (Phi) is 6.67. The molecule has 40 heavy (non-hydrogen) atoms. The maximum atomic E-state index is 10.9. The number of benzene rings is 6. The molecule has 6 aromatic rings. The van der Waals surface area contributed by atoms with Crippen molar-refractivity contribution in [3.63, 3.8) is 0 Å². The average molecular weight is 519 g/mol. The first-order valence-corrected chi connectivity index (χ1v) is 13.5. The number of phenolic OH excluding ortho intramolecular Hbond substituents is 2. The Balaban J connectivity index is 1.55. The van der Waals surface area contributed by atoms with Gasteiger partial charge in [-0.25, -0.2) is 0 Å². The molecule has 0 saturated heterocycles. The molecule has 2 N–H and O–H groups in total. The van der Waals surface area contributed by atoms with Crippen LogP contribution in [-0.2, 0) is 5.41 Å². The van der Waals surface area contributed by atoms with Gasteiger partial charge in [-0.15, -0.1) is 0 Å². The summed E-state index contributed by atoms with van der Waals surface area (Å²) in [7, 11) is 0. The van der Waals surface area contributed by atoms with E-state index in [0.29, 0.717) is 0 Å².